The van der Waals surface area contributed by atoms with Crippen molar-refractivity contribution in [2.24, 2.45) is 0 Å². The smallest absolute Gasteiger partial charge is 0.237 e. The lowest BCUT2D eigenvalue weighted by molar-refractivity contribution is -0.136. The molecule has 1 aromatic heterocycles. The Morgan fingerprint density at radius 2 is 1.86 bits per heavy atom. The molecule has 144 valence electrons. The van der Waals surface area contributed by atoms with Crippen molar-refractivity contribution in [3.8, 4) is 11.4 Å². The summed E-state index contributed by atoms with van der Waals surface area (Å²) in [5.74, 6) is 0.990. The Morgan fingerprint density at radius 3 is 2.57 bits per heavy atom. The highest BCUT2D eigenvalue weighted by molar-refractivity contribution is 5.79. The van der Waals surface area contributed by atoms with Crippen LogP contribution in [-0.2, 0) is 17.9 Å². The number of benzene rings is 2. The molecular weight excluding hydrogens is 352 g/mol. The van der Waals surface area contributed by atoms with Crippen molar-refractivity contribution in [2.75, 3.05) is 26.7 Å². The molecule has 4 rings (SSSR count). The molecule has 0 N–H and O–H groups in total. The highest BCUT2D eigenvalue weighted by Gasteiger charge is 2.24. The molecule has 0 atom stereocenters. The highest BCUT2D eigenvalue weighted by Crippen LogP contribution is 2.17. The van der Waals surface area contributed by atoms with E-state index in [1.165, 1.54) is 5.56 Å². The largest absolute Gasteiger partial charge is 0.497 e. The lowest BCUT2D eigenvalue weighted by Gasteiger charge is -2.34. The Kier molecular flexibility index (Phi) is 5.39. The van der Waals surface area contributed by atoms with Gasteiger partial charge in [-0.05, 0) is 41.5 Å². The Labute approximate surface area is 164 Å². The van der Waals surface area contributed by atoms with Crippen LogP contribution in [-0.4, -0.2) is 52.2 Å². The van der Waals surface area contributed by atoms with Gasteiger partial charge >= 0.3 is 0 Å². The molecule has 1 saturated heterocycles. The molecule has 1 amide bonds. The minimum Gasteiger partial charge on any atom is -0.497 e. The van der Waals surface area contributed by atoms with E-state index in [2.05, 4.69) is 34.3 Å². The molecule has 1 fully saturated rings. The molecule has 0 bridgehead atoms. The molecule has 1 aliphatic rings. The number of carbonyl (C=O) groups is 1. The third-order valence-corrected chi connectivity index (χ3v) is 5.02. The second kappa shape index (κ2) is 8.27. The second-order valence-corrected chi connectivity index (χ2v) is 6.99. The summed E-state index contributed by atoms with van der Waals surface area (Å²) in [6.45, 7) is 3.46. The third-order valence-electron chi connectivity index (χ3n) is 5.02. The summed E-state index contributed by atoms with van der Waals surface area (Å²) >= 11 is 0. The number of carbonyl (C=O) groups excluding carboxylic acids is 1. The predicted molar refractivity (Wildman–Crippen MR) is 107 cm³/mol. The van der Waals surface area contributed by atoms with Crippen molar-refractivity contribution in [1.29, 1.82) is 0 Å². The molecule has 0 saturated carbocycles. The maximum absolute atomic E-state index is 12.6. The Balaban J connectivity index is 1.33. The lowest BCUT2D eigenvalue weighted by Crippen LogP contribution is -2.49. The molecule has 2 aromatic carbocycles. The van der Waals surface area contributed by atoms with Crippen molar-refractivity contribution >= 4 is 5.91 Å². The van der Waals surface area contributed by atoms with Crippen molar-refractivity contribution in [2.45, 2.75) is 13.1 Å². The second-order valence-electron chi connectivity index (χ2n) is 6.99. The molecule has 0 radical (unpaired) electrons. The van der Waals surface area contributed by atoms with Crippen molar-refractivity contribution < 1.29 is 9.53 Å². The van der Waals surface area contributed by atoms with E-state index in [4.69, 9.17) is 4.74 Å². The van der Waals surface area contributed by atoms with Gasteiger partial charge in [-0.15, -0.1) is 0 Å². The fourth-order valence-electron chi connectivity index (χ4n) is 3.48. The molecular formula is C22H24N4O2. The van der Waals surface area contributed by atoms with Crippen LogP contribution in [0.5, 0.6) is 5.75 Å². The number of ether oxygens (including phenoxy) is 1. The van der Waals surface area contributed by atoms with E-state index < -0.39 is 0 Å². The minimum atomic E-state index is 0.169. The third kappa shape index (κ3) is 4.23. The normalized spacial score (nSPS) is 15.0. The SMILES string of the molecule is COc1cccc(CN2CCN(Cc3ccc(-n4cccn4)cc3)CC2=O)c1. The monoisotopic (exact) mass is 376 g/mol. The topological polar surface area (TPSA) is 50.6 Å². The van der Waals surface area contributed by atoms with Gasteiger partial charge in [0.25, 0.3) is 0 Å². The molecule has 0 spiro atoms. The quantitative estimate of drug-likeness (QED) is 0.664. The zero-order valence-electron chi connectivity index (χ0n) is 16.0. The zero-order chi connectivity index (χ0) is 19.3. The van der Waals surface area contributed by atoms with Crippen molar-refractivity contribution in [3.05, 3.63) is 78.1 Å². The maximum Gasteiger partial charge on any atom is 0.237 e. The van der Waals surface area contributed by atoms with Crippen LogP contribution in [0.3, 0.4) is 0 Å². The van der Waals surface area contributed by atoms with E-state index in [1.807, 2.05) is 46.1 Å². The van der Waals surface area contributed by atoms with Gasteiger partial charge < -0.3 is 9.64 Å². The average Bonchev–Trinajstić information content (AvgIpc) is 3.26. The van der Waals surface area contributed by atoms with Gasteiger partial charge in [-0.2, -0.15) is 5.10 Å². The molecule has 6 heteroatoms. The zero-order valence-corrected chi connectivity index (χ0v) is 16.0. The van der Waals surface area contributed by atoms with Gasteiger partial charge in [0, 0.05) is 38.6 Å². The molecule has 0 aliphatic carbocycles. The molecule has 2 heterocycles. The molecule has 6 nitrogen and oxygen atoms in total. The number of hydrogen-bond donors (Lipinski definition) is 0. The van der Waals surface area contributed by atoms with Crippen LogP contribution in [0, 0.1) is 0 Å². The summed E-state index contributed by atoms with van der Waals surface area (Å²) in [5.41, 5.74) is 3.33. The summed E-state index contributed by atoms with van der Waals surface area (Å²) < 4.78 is 7.11. The van der Waals surface area contributed by atoms with Crippen LogP contribution < -0.4 is 4.74 Å². The fourth-order valence-corrected chi connectivity index (χ4v) is 3.48. The van der Waals surface area contributed by atoms with Gasteiger partial charge in [-0.25, -0.2) is 4.68 Å². The first kappa shape index (κ1) is 18.3. The van der Waals surface area contributed by atoms with Crippen LogP contribution in [0.1, 0.15) is 11.1 Å². The van der Waals surface area contributed by atoms with Crippen LogP contribution >= 0.6 is 0 Å². The molecule has 3 aromatic rings. The van der Waals surface area contributed by atoms with Crippen molar-refractivity contribution in [1.82, 2.24) is 19.6 Å². The molecule has 28 heavy (non-hydrogen) atoms. The summed E-state index contributed by atoms with van der Waals surface area (Å²) in [5, 5.41) is 4.24. The van der Waals surface area contributed by atoms with E-state index in [-0.39, 0.29) is 5.91 Å². The van der Waals surface area contributed by atoms with E-state index in [1.54, 1.807) is 13.3 Å². The van der Waals surface area contributed by atoms with E-state index in [0.29, 0.717) is 13.1 Å². The number of piperazine rings is 1. The summed E-state index contributed by atoms with van der Waals surface area (Å²) in [6.07, 6.45) is 3.69. The molecule has 1 aliphatic heterocycles. The van der Waals surface area contributed by atoms with Gasteiger partial charge in [-0.3, -0.25) is 9.69 Å². The minimum absolute atomic E-state index is 0.169. The van der Waals surface area contributed by atoms with E-state index in [9.17, 15) is 4.79 Å². The average molecular weight is 376 g/mol. The number of methoxy groups -OCH3 is 1. The maximum atomic E-state index is 12.6. The van der Waals surface area contributed by atoms with Crippen LogP contribution in [0.15, 0.2) is 67.0 Å². The number of amides is 1. The van der Waals surface area contributed by atoms with Crippen molar-refractivity contribution in [3.63, 3.8) is 0 Å². The number of hydrogen-bond acceptors (Lipinski definition) is 4. The molecule has 0 unspecified atom stereocenters. The first-order valence-corrected chi connectivity index (χ1v) is 9.43. The number of rotatable bonds is 6. The van der Waals surface area contributed by atoms with Gasteiger partial charge in [0.1, 0.15) is 5.75 Å². The Bertz CT molecular complexity index is 922. The van der Waals surface area contributed by atoms with Gasteiger partial charge in [0.2, 0.25) is 5.91 Å². The Hall–Kier alpha value is -3.12. The fraction of sp³-hybridized carbons (Fsp3) is 0.273. The van der Waals surface area contributed by atoms with E-state index in [0.717, 1.165) is 36.6 Å². The Morgan fingerprint density at radius 1 is 1.00 bits per heavy atom. The van der Waals surface area contributed by atoms with Crippen LogP contribution in [0.25, 0.3) is 5.69 Å². The summed E-state index contributed by atoms with van der Waals surface area (Å²) in [7, 11) is 1.66. The van der Waals surface area contributed by atoms with Gasteiger partial charge in [0.05, 0.1) is 19.3 Å². The highest BCUT2D eigenvalue weighted by atomic mass is 16.5. The lowest BCUT2D eigenvalue weighted by atomic mass is 10.1. The van der Waals surface area contributed by atoms with Crippen LogP contribution in [0.4, 0.5) is 0 Å². The van der Waals surface area contributed by atoms with Crippen LogP contribution in [0.2, 0.25) is 0 Å². The predicted octanol–water partition coefficient (Wildman–Crippen LogP) is 2.73. The number of nitrogens with zero attached hydrogens (tertiary/aromatic N) is 4. The first-order valence-electron chi connectivity index (χ1n) is 9.43. The van der Waals surface area contributed by atoms with Gasteiger partial charge in [-0.1, -0.05) is 24.3 Å². The van der Waals surface area contributed by atoms with Gasteiger partial charge in [0.15, 0.2) is 0 Å². The first-order chi connectivity index (χ1) is 13.7. The summed E-state index contributed by atoms with van der Waals surface area (Å²) in [4.78, 5) is 16.7. The summed E-state index contributed by atoms with van der Waals surface area (Å²) in [6, 6.07) is 18.1. The number of aromatic nitrogens is 2. The standard InChI is InChI=1S/C22H24N4O2/c1-28-21-5-2-4-19(14-21)16-25-13-12-24(17-22(25)27)15-18-6-8-20(9-7-18)26-11-3-10-23-26/h2-11,14H,12-13,15-17H2,1H3. The van der Waals surface area contributed by atoms with E-state index >= 15 is 0 Å².